The molecule has 26 heavy (non-hydrogen) atoms. The van der Waals surface area contributed by atoms with Gasteiger partial charge in [-0.2, -0.15) is 0 Å². The number of carbonyl (C=O) groups excluding carboxylic acids is 1. The molecule has 0 bridgehead atoms. The molecular formula is C21H39O4P. The van der Waals surface area contributed by atoms with E-state index in [-0.39, 0.29) is 11.9 Å². The van der Waals surface area contributed by atoms with E-state index in [0.29, 0.717) is 25.8 Å². The molecule has 0 amide bonds. The van der Waals surface area contributed by atoms with Crippen LogP contribution in [0.2, 0.25) is 0 Å². The molecule has 0 aromatic rings. The molecule has 1 saturated heterocycles. The third-order valence-electron chi connectivity index (χ3n) is 5.87. The van der Waals surface area contributed by atoms with Gasteiger partial charge in [-0.25, -0.2) is 4.52 Å². The summed E-state index contributed by atoms with van der Waals surface area (Å²) in [7, 11) is -1.84. The first-order valence-electron chi connectivity index (χ1n) is 11.0. The zero-order chi connectivity index (χ0) is 18.6. The Labute approximate surface area is 161 Å². The van der Waals surface area contributed by atoms with Crippen LogP contribution < -0.4 is 4.89 Å². The average Bonchev–Trinajstić information content (AvgIpc) is 3.25. The molecule has 0 aromatic carbocycles. The molecule has 4 atom stereocenters. The Balaban J connectivity index is 1.32. The molecule has 1 aliphatic carbocycles. The Morgan fingerprint density at radius 1 is 1.04 bits per heavy atom. The maximum atomic E-state index is 11.7. The Kier molecular flexibility index (Phi) is 11.1. The minimum Gasteiger partial charge on any atom is -0.657 e. The summed E-state index contributed by atoms with van der Waals surface area (Å²) in [5.74, 6) is 2.11. The first-order valence-corrected chi connectivity index (χ1v) is 12.5. The maximum Gasteiger partial charge on any atom is 0.305 e. The molecule has 152 valence electrons. The number of hydrogen-bond acceptors (Lipinski definition) is 4. The van der Waals surface area contributed by atoms with Gasteiger partial charge in [-0.15, -0.1) is 0 Å². The highest BCUT2D eigenvalue weighted by atomic mass is 31.2. The predicted octanol–water partition coefficient (Wildman–Crippen LogP) is 4.92. The summed E-state index contributed by atoms with van der Waals surface area (Å²) in [6.45, 7) is 3.13. The summed E-state index contributed by atoms with van der Waals surface area (Å²) in [6.07, 6.45) is 17.0. The molecular weight excluding hydrogens is 347 g/mol. The molecule has 0 N–H and O–H groups in total. The van der Waals surface area contributed by atoms with Gasteiger partial charge in [0, 0.05) is 6.42 Å². The minimum atomic E-state index is -1.84. The molecule has 4 nitrogen and oxygen atoms in total. The normalized spacial score (nSPS) is 27.6. The third kappa shape index (κ3) is 9.67. The molecule has 0 radical (unpaired) electrons. The van der Waals surface area contributed by atoms with E-state index in [1.165, 1.54) is 64.2 Å². The lowest BCUT2D eigenvalue weighted by atomic mass is 10.0. The summed E-state index contributed by atoms with van der Waals surface area (Å²) >= 11 is 0. The highest BCUT2D eigenvalue weighted by molar-refractivity contribution is 7.44. The van der Waals surface area contributed by atoms with Crippen molar-refractivity contribution in [2.45, 2.75) is 90.4 Å². The van der Waals surface area contributed by atoms with Crippen LogP contribution in [0.4, 0.5) is 0 Å². The van der Waals surface area contributed by atoms with Crippen molar-refractivity contribution in [3.63, 3.8) is 0 Å². The second-order valence-corrected chi connectivity index (χ2v) is 9.79. The fraction of sp³-hybridized carbons (Fsp3) is 0.952. The highest BCUT2D eigenvalue weighted by Crippen LogP contribution is 2.45. The van der Waals surface area contributed by atoms with Crippen LogP contribution >= 0.6 is 8.38 Å². The van der Waals surface area contributed by atoms with Crippen LogP contribution in [0.3, 0.4) is 0 Å². The van der Waals surface area contributed by atoms with E-state index in [1.807, 2.05) is 0 Å². The van der Waals surface area contributed by atoms with Crippen molar-refractivity contribution in [2.75, 3.05) is 19.4 Å². The fourth-order valence-corrected chi connectivity index (χ4v) is 5.26. The lowest BCUT2D eigenvalue weighted by Crippen LogP contribution is -2.16. The quantitative estimate of drug-likeness (QED) is 0.228. The summed E-state index contributed by atoms with van der Waals surface area (Å²) in [6, 6.07) is 0. The average molecular weight is 387 g/mol. The fourth-order valence-electron chi connectivity index (χ4n) is 4.01. The van der Waals surface area contributed by atoms with Gasteiger partial charge in [0.25, 0.3) is 0 Å². The monoisotopic (exact) mass is 386 g/mol. The second kappa shape index (κ2) is 13.1. The molecule has 1 aliphatic heterocycles. The van der Waals surface area contributed by atoms with Crippen molar-refractivity contribution in [2.24, 2.45) is 17.8 Å². The predicted molar refractivity (Wildman–Crippen MR) is 106 cm³/mol. The van der Waals surface area contributed by atoms with Gasteiger partial charge in [0.2, 0.25) is 0 Å². The highest BCUT2D eigenvalue weighted by Gasteiger charge is 2.35. The number of carbonyl (C=O) groups is 1. The number of ether oxygens (including phenoxy) is 1. The van der Waals surface area contributed by atoms with Crippen LogP contribution in [0.5, 0.6) is 0 Å². The molecule has 1 heterocycles. The Hall–Kier alpha value is -0.180. The summed E-state index contributed by atoms with van der Waals surface area (Å²) in [4.78, 5) is 22.9. The Morgan fingerprint density at radius 3 is 2.35 bits per heavy atom. The van der Waals surface area contributed by atoms with Gasteiger partial charge in [-0.3, -0.25) is 4.79 Å². The SMILES string of the molecule is CCCCCC[C@@H]1C[C@@H]1CCCCCCCC(=O)OCC1CO[PH+]([O-])C1. The van der Waals surface area contributed by atoms with Crippen molar-refractivity contribution < 1.29 is 18.9 Å². The van der Waals surface area contributed by atoms with E-state index in [0.717, 1.165) is 24.7 Å². The van der Waals surface area contributed by atoms with Crippen molar-refractivity contribution in [3.05, 3.63) is 0 Å². The van der Waals surface area contributed by atoms with Gasteiger partial charge in [-0.1, -0.05) is 71.1 Å². The Morgan fingerprint density at radius 2 is 1.69 bits per heavy atom. The number of rotatable bonds is 15. The minimum absolute atomic E-state index is 0.111. The zero-order valence-electron chi connectivity index (χ0n) is 16.7. The third-order valence-corrected chi connectivity index (χ3v) is 7.27. The summed E-state index contributed by atoms with van der Waals surface area (Å²) in [5, 5.41) is 0. The van der Waals surface area contributed by atoms with Crippen LogP contribution in [-0.2, 0) is 14.1 Å². The molecule has 5 heteroatoms. The van der Waals surface area contributed by atoms with E-state index in [9.17, 15) is 9.69 Å². The first kappa shape index (κ1) is 22.1. The smallest absolute Gasteiger partial charge is 0.305 e. The number of hydrogen-bond donors (Lipinski definition) is 0. The van der Waals surface area contributed by atoms with Crippen molar-refractivity contribution in [1.29, 1.82) is 0 Å². The van der Waals surface area contributed by atoms with Gasteiger partial charge in [-0.05, 0) is 24.7 Å². The Bertz CT molecular complexity index is 390. The second-order valence-electron chi connectivity index (χ2n) is 8.35. The van der Waals surface area contributed by atoms with Gasteiger partial charge in [0.05, 0.1) is 27.1 Å². The molecule has 0 spiro atoms. The molecule has 2 unspecified atom stereocenters. The zero-order valence-corrected chi connectivity index (χ0v) is 17.7. The van der Waals surface area contributed by atoms with Crippen LogP contribution in [0.15, 0.2) is 0 Å². The lowest BCUT2D eigenvalue weighted by molar-refractivity contribution is -0.176. The van der Waals surface area contributed by atoms with Crippen LogP contribution in [0, 0.1) is 17.8 Å². The molecule has 2 aliphatic rings. The van der Waals surface area contributed by atoms with Crippen LogP contribution in [-0.4, -0.2) is 25.3 Å². The van der Waals surface area contributed by atoms with Gasteiger partial charge in [0.1, 0.15) is 6.61 Å². The lowest BCUT2D eigenvalue weighted by Gasteiger charge is -2.07. The van der Waals surface area contributed by atoms with E-state index in [4.69, 9.17) is 9.26 Å². The number of unbranched alkanes of at least 4 members (excludes halogenated alkanes) is 7. The molecule has 2 rings (SSSR count). The summed E-state index contributed by atoms with van der Waals surface area (Å²) < 4.78 is 10.3. The standard InChI is InChI=1S/C21H39O4P/c1-2-3-4-8-11-19-14-20(19)12-9-6-5-7-10-13-21(22)24-15-18-16-25-26(23)17-18/h18-20,26H,2-17H2,1H3/t18?,19-,20+/m1/s1. The van der Waals surface area contributed by atoms with E-state index in [1.54, 1.807) is 0 Å². The van der Waals surface area contributed by atoms with Crippen LogP contribution in [0.25, 0.3) is 0 Å². The van der Waals surface area contributed by atoms with Gasteiger partial charge < -0.3 is 9.63 Å². The topological polar surface area (TPSA) is 58.6 Å². The van der Waals surface area contributed by atoms with Crippen molar-refractivity contribution in [3.8, 4) is 0 Å². The maximum absolute atomic E-state index is 11.7. The first-order chi connectivity index (χ1) is 12.7. The van der Waals surface area contributed by atoms with E-state index >= 15 is 0 Å². The van der Waals surface area contributed by atoms with E-state index in [2.05, 4.69) is 6.92 Å². The summed E-state index contributed by atoms with van der Waals surface area (Å²) in [5.41, 5.74) is 0. The molecule has 2 fully saturated rings. The van der Waals surface area contributed by atoms with Crippen molar-refractivity contribution >= 4 is 14.3 Å². The largest absolute Gasteiger partial charge is 0.657 e. The van der Waals surface area contributed by atoms with Crippen molar-refractivity contribution in [1.82, 2.24) is 0 Å². The van der Waals surface area contributed by atoms with Gasteiger partial charge in [0.15, 0.2) is 0 Å². The molecule has 1 saturated carbocycles. The van der Waals surface area contributed by atoms with E-state index < -0.39 is 8.38 Å². The van der Waals surface area contributed by atoms with Gasteiger partial charge >= 0.3 is 5.97 Å². The van der Waals surface area contributed by atoms with Crippen LogP contribution in [0.1, 0.15) is 90.4 Å². The number of esters is 1. The molecule has 0 aromatic heterocycles.